The topological polar surface area (TPSA) is 76.7 Å². The van der Waals surface area contributed by atoms with Crippen molar-refractivity contribution >= 4 is 5.69 Å². The van der Waals surface area contributed by atoms with Crippen LogP contribution in [0.2, 0.25) is 0 Å². The Kier molecular flexibility index (Phi) is 2.45. The van der Waals surface area contributed by atoms with Crippen LogP contribution in [0.25, 0.3) is 11.6 Å². The summed E-state index contributed by atoms with van der Waals surface area (Å²) in [5.41, 5.74) is 2.38. The monoisotopic (exact) mass is 265 g/mol. The number of anilines is 1. The molecule has 3 heterocycles. The van der Waals surface area contributed by atoms with Crippen LogP contribution in [-0.2, 0) is 6.42 Å². The zero-order chi connectivity index (χ0) is 13.4. The van der Waals surface area contributed by atoms with Crippen LogP contribution in [0.1, 0.15) is 17.5 Å². The molecule has 0 saturated heterocycles. The van der Waals surface area contributed by atoms with Gasteiger partial charge in [0.05, 0.1) is 0 Å². The SMILES string of the molecule is c1cnc(-c2noc([C@@H]3Cc4ccccc4N3)n2)nc1. The van der Waals surface area contributed by atoms with E-state index < -0.39 is 0 Å². The van der Waals surface area contributed by atoms with Crippen molar-refractivity contribution in [2.75, 3.05) is 5.32 Å². The lowest BCUT2D eigenvalue weighted by molar-refractivity contribution is 0.364. The molecular weight excluding hydrogens is 254 g/mol. The number of fused-ring (bicyclic) bond motifs is 1. The Morgan fingerprint density at radius 3 is 2.75 bits per heavy atom. The zero-order valence-electron chi connectivity index (χ0n) is 10.5. The van der Waals surface area contributed by atoms with Gasteiger partial charge < -0.3 is 9.84 Å². The van der Waals surface area contributed by atoms with Crippen molar-refractivity contribution in [2.45, 2.75) is 12.5 Å². The molecule has 0 radical (unpaired) electrons. The van der Waals surface area contributed by atoms with Crippen LogP contribution in [-0.4, -0.2) is 20.1 Å². The summed E-state index contributed by atoms with van der Waals surface area (Å²) in [7, 11) is 0. The normalized spacial score (nSPS) is 16.7. The first-order valence-corrected chi connectivity index (χ1v) is 6.35. The maximum Gasteiger partial charge on any atom is 0.249 e. The third kappa shape index (κ3) is 1.82. The summed E-state index contributed by atoms with van der Waals surface area (Å²) in [6.45, 7) is 0. The lowest BCUT2D eigenvalue weighted by atomic mass is 10.1. The predicted octanol–water partition coefficient (Wildman–Crippen LogP) is 2.24. The number of nitrogens with zero attached hydrogens (tertiary/aromatic N) is 4. The van der Waals surface area contributed by atoms with Gasteiger partial charge in [-0.05, 0) is 17.7 Å². The van der Waals surface area contributed by atoms with E-state index in [-0.39, 0.29) is 6.04 Å². The van der Waals surface area contributed by atoms with Crippen LogP contribution in [0.4, 0.5) is 5.69 Å². The Morgan fingerprint density at radius 1 is 1.05 bits per heavy atom. The molecule has 0 amide bonds. The second kappa shape index (κ2) is 4.41. The minimum atomic E-state index is 0.0114. The molecule has 1 aromatic carbocycles. The van der Waals surface area contributed by atoms with Crippen molar-refractivity contribution in [1.82, 2.24) is 20.1 Å². The van der Waals surface area contributed by atoms with Gasteiger partial charge >= 0.3 is 0 Å². The molecule has 0 aliphatic carbocycles. The number of hydrogen-bond acceptors (Lipinski definition) is 6. The van der Waals surface area contributed by atoms with Gasteiger partial charge in [0.2, 0.25) is 17.5 Å². The summed E-state index contributed by atoms with van der Waals surface area (Å²) in [4.78, 5) is 12.6. The van der Waals surface area contributed by atoms with Crippen molar-refractivity contribution in [3.05, 3.63) is 54.2 Å². The van der Waals surface area contributed by atoms with E-state index in [1.54, 1.807) is 18.5 Å². The molecule has 1 aliphatic rings. The zero-order valence-corrected chi connectivity index (χ0v) is 10.5. The summed E-state index contributed by atoms with van der Waals surface area (Å²) >= 11 is 0. The molecule has 1 N–H and O–H groups in total. The van der Waals surface area contributed by atoms with Crippen LogP contribution in [0.5, 0.6) is 0 Å². The molecule has 2 aromatic heterocycles. The van der Waals surface area contributed by atoms with Crippen molar-refractivity contribution in [3.63, 3.8) is 0 Å². The quantitative estimate of drug-likeness (QED) is 0.765. The molecule has 20 heavy (non-hydrogen) atoms. The van der Waals surface area contributed by atoms with E-state index in [0.717, 1.165) is 12.1 Å². The number of hydrogen-bond donors (Lipinski definition) is 1. The Balaban J connectivity index is 1.61. The second-order valence-electron chi connectivity index (χ2n) is 4.59. The smallest absolute Gasteiger partial charge is 0.249 e. The molecule has 0 fully saturated rings. The van der Waals surface area contributed by atoms with E-state index in [0.29, 0.717) is 17.5 Å². The lowest BCUT2D eigenvalue weighted by Gasteiger charge is -2.04. The van der Waals surface area contributed by atoms with E-state index in [1.165, 1.54) is 5.56 Å². The van der Waals surface area contributed by atoms with Crippen molar-refractivity contribution in [3.8, 4) is 11.6 Å². The van der Waals surface area contributed by atoms with Crippen molar-refractivity contribution < 1.29 is 4.52 Å². The van der Waals surface area contributed by atoms with Gasteiger partial charge in [0, 0.05) is 24.5 Å². The predicted molar refractivity (Wildman–Crippen MR) is 71.8 cm³/mol. The van der Waals surface area contributed by atoms with E-state index in [9.17, 15) is 0 Å². The molecule has 3 aromatic rings. The highest BCUT2D eigenvalue weighted by molar-refractivity contribution is 5.57. The molecule has 0 spiro atoms. The number of benzene rings is 1. The largest absolute Gasteiger partial charge is 0.373 e. The Bertz CT molecular complexity index is 715. The second-order valence-corrected chi connectivity index (χ2v) is 4.59. The highest BCUT2D eigenvalue weighted by Crippen LogP contribution is 2.33. The number of rotatable bonds is 2. The summed E-state index contributed by atoms with van der Waals surface area (Å²) in [5, 5.41) is 7.32. The number of nitrogens with one attached hydrogen (secondary N) is 1. The Hall–Kier alpha value is -2.76. The fraction of sp³-hybridized carbons (Fsp3) is 0.143. The summed E-state index contributed by atoms with van der Waals surface area (Å²) in [6.07, 6.45) is 4.15. The molecule has 4 rings (SSSR count). The molecule has 98 valence electrons. The van der Waals surface area contributed by atoms with Gasteiger partial charge in [0.1, 0.15) is 6.04 Å². The number of aromatic nitrogens is 4. The van der Waals surface area contributed by atoms with Gasteiger partial charge in [-0.1, -0.05) is 23.4 Å². The maximum absolute atomic E-state index is 5.33. The van der Waals surface area contributed by atoms with Crippen LogP contribution in [0.15, 0.2) is 47.2 Å². The van der Waals surface area contributed by atoms with Crippen LogP contribution < -0.4 is 5.32 Å². The van der Waals surface area contributed by atoms with Gasteiger partial charge in [-0.3, -0.25) is 0 Å². The van der Waals surface area contributed by atoms with E-state index in [1.807, 2.05) is 18.2 Å². The first-order chi connectivity index (χ1) is 9.90. The van der Waals surface area contributed by atoms with Crippen LogP contribution >= 0.6 is 0 Å². The molecule has 6 heteroatoms. The van der Waals surface area contributed by atoms with Crippen LogP contribution in [0.3, 0.4) is 0 Å². The summed E-state index contributed by atoms with van der Waals surface area (Å²) < 4.78 is 5.33. The molecule has 0 saturated carbocycles. The maximum atomic E-state index is 5.33. The van der Waals surface area contributed by atoms with Crippen molar-refractivity contribution in [1.29, 1.82) is 0 Å². The molecule has 6 nitrogen and oxygen atoms in total. The Labute approximate surface area is 114 Å². The van der Waals surface area contributed by atoms with Gasteiger partial charge in [-0.25, -0.2) is 9.97 Å². The highest BCUT2D eigenvalue weighted by atomic mass is 16.5. The van der Waals surface area contributed by atoms with Gasteiger partial charge in [-0.2, -0.15) is 4.98 Å². The molecular formula is C14H11N5O. The molecule has 0 unspecified atom stereocenters. The van der Waals surface area contributed by atoms with E-state index >= 15 is 0 Å². The van der Waals surface area contributed by atoms with E-state index in [2.05, 4.69) is 31.5 Å². The van der Waals surface area contributed by atoms with Gasteiger partial charge in [0.25, 0.3) is 0 Å². The highest BCUT2D eigenvalue weighted by Gasteiger charge is 2.26. The third-order valence-corrected chi connectivity index (χ3v) is 3.28. The van der Waals surface area contributed by atoms with Gasteiger partial charge in [-0.15, -0.1) is 0 Å². The van der Waals surface area contributed by atoms with E-state index in [4.69, 9.17) is 4.52 Å². The Morgan fingerprint density at radius 2 is 1.90 bits per heavy atom. The third-order valence-electron chi connectivity index (χ3n) is 3.28. The average molecular weight is 265 g/mol. The molecule has 1 aliphatic heterocycles. The van der Waals surface area contributed by atoms with Crippen LogP contribution in [0, 0.1) is 0 Å². The standard InChI is InChI=1S/C14H11N5O/c1-2-5-10-9(4-1)8-11(17-10)14-18-13(19-20-14)12-15-6-3-7-16-12/h1-7,11,17H,8H2/t11-/m0/s1. The number of para-hydroxylation sites is 1. The minimum Gasteiger partial charge on any atom is -0.373 e. The first-order valence-electron chi connectivity index (χ1n) is 6.35. The average Bonchev–Trinajstić information content (AvgIpc) is 3.14. The fourth-order valence-electron chi connectivity index (χ4n) is 2.33. The fourth-order valence-corrected chi connectivity index (χ4v) is 2.33. The van der Waals surface area contributed by atoms with Gasteiger partial charge in [0.15, 0.2) is 0 Å². The minimum absolute atomic E-state index is 0.0114. The lowest BCUT2D eigenvalue weighted by Crippen LogP contribution is -2.06. The summed E-state index contributed by atoms with van der Waals surface area (Å²) in [5.74, 6) is 1.44. The first kappa shape index (κ1) is 11.1. The van der Waals surface area contributed by atoms with Crippen molar-refractivity contribution in [2.24, 2.45) is 0 Å². The molecule has 0 bridgehead atoms. The summed E-state index contributed by atoms with van der Waals surface area (Å²) in [6, 6.07) is 9.94. The molecule has 1 atom stereocenters.